The van der Waals surface area contributed by atoms with Crippen LogP contribution in [0.15, 0.2) is 46.3 Å². The van der Waals surface area contributed by atoms with Crippen molar-refractivity contribution in [1.29, 1.82) is 5.26 Å². The molecule has 1 heterocycles. The molecule has 9 nitrogen and oxygen atoms in total. The van der Waals surface area contributed by atoms with Gasteiger partial charge in [0.15, 0.2) is 11.5 Å². The lowest BCUT2D eigenvalue weighted by molar-refractivity contribution is -0.112. The molecule has 0 saturated carbocycles. The number of methoxy groups -OCH3 is 1. The van der Waals surface area contributed by atoms with Gasteiger partial charge in [0.05, 0.1) is 17.9 Å². The lowest BCUT2D eigenvalue weighted by Gasteiger charge is -2.14. The fourth-order valence-corrected chi connectivity index (χ4v) is 5.17. The molecule has 1 aromatic heterocycles. The van der Waals surface area contributed by atoms with Crippen LogP contribution in [0.25, 0.3) is 6.08 Å². The summed E-state index contributed by atoms with van der Waals surface area (Å²) in [6.07, 6.45) is 1.32. The quantitative estimate of drug-likeness (QED) is 0.243. The van der Waals surface area contributed by atoms with Crippen LogP contribution in [-0.2, 0) is 21.2 Å². The number of aryl methyl sites for hydroxylation is 1. The summed E-state index contributed by atoms with van der Waals surface area (Å²) in [4.78, 5) is 12.6. The summed E-state index contributed by atoms with van der Waals surface area (Å²) < 4.78 is 34.8. The number of aromatic nitrogens is 2. The third kappa shape index (κ3) is 6.57. The zero-order valence-electron chi connectivity index (χ0n) is 19.0. The number of nitrogens with one attached hydrogen (secondary N) is 1. The van der Waals surface area contributed by atoms with Crippen molar-refractivity contribution in [2.75, 3.05) is 18.2 Å². The average molecular weight is 533 g/mol. The van der Waals surface area contributed by atoms with E-state index in [1.54, 1.807) is 6.07 Å². The zero-order valence-corrected chi connectivity index (χ0v) is 21.4. The maximum Gasteiger partial charge on any atom is 0.268 e. The summed E-state index contributed by atoms with van der Waals surface area (Å²) in [5.74, 6) is -0.271. The lowest BCUT2D eigenvalue weighted by Crippen LogP contribution is -2.13. The van der Waals surface area contributed by atoms with Crippen molar-refractivity contribution in [2.45, 2.75) is 24.8 Å². The van der Waals surface area contributed by atoms with Gasteiger partial charge in [-0.05, 0) is 36.3 Å². The normalized spacial score (nSPS) is 11.6. The summed E-state index contributed by atoms with van der Waals surface area (Å²) in [6, 6.07) is 12.8. The Morgan fingerprint density at radius 1 is 1.29 bits per heavy atom. The maximum absolute atomic E-state index is 12.6. The molecule has 0 saturated heterocycles. The van der Waals surface area contributed by atoms with E-state index in [2.05, 4.69) is 15.5 Å². The van der Waals surface area contributed by atoms with Crippen molar-refractivity contribution < 1.29 is 22.7 Å². The second-order valence-electron chi connectivity index (χ2n) is 7.21. The number of benzene rings is 2. The molecule has 3 aromatic rings. The van der Waals surface area contributed by atoms with E-state index in [0.717, 1.165) is 11.1 Å². The van der Waals surface area contributed by atoms with E-state index in [4.69, 9.17) is 21.1 Å². The highest BCUT2D eigenvalue weighted by atomic mass is 35.5. The van der Waals surface area contributed by atoms with E-state index in [-0.39, 0.29) is 32.4 Å². The summed E-state index contributed by atoms with van der Waals surface area (Å²) >= 11 is 7.12. The largest absolute Gasteiger partial charge is 0.493 e. The first-order chi connectivity index (χ1) is 16.7. The third-order valence-corrected chi connectivity index (χ3v) is 7.97. The van der Waals surface area contributed by atoms with Gasteiger partial charge in [0, 0.05) is 0 Å². The third-order valence-electron chi connectivity index (χ3n) is 4.67. The molecule has 182 valence electrons. The number of carbonyl (C=O) groups is 1. The highest BCUT2D eigenvalue weighted by molar-refractivity contribution is 7.93. The lowest BCUT2D eigenvalue weighted by atomic mass is 10.1. The summed E-state index contributed by atoms with van der Waals surface area (Å²) in [7, 11) is -2.10. The monoisotopic (exact) mass is 532 g/mol. The minimum Gasteiger partial charge on any atom is -0.493 e. The number of rotatable bonds is 9. The van der Waals surface area contributed by atoms with E-state index in [1.165, 1.54) is 26.2 Å². The maximum atomic E-state index is 12.6. The van der Waals surface area contributed by atoms with Crippen molar-refractivity contribution in [1.82, 2.24) is 10.2 Å². The van der Waals surface area contributed by atoms with Gasteiger partial charge in [-0.3, -0.25) is 10.1 Å². The van der Waals surface area contributed by atoms with E-state index in [9.17, 15) is 18.5 Å². The Bertz CT molecular complexity index is 1430. The van der Waals surface area contributed by atoms with Gasteiger partial charge in [0.25, 0.3) is 5.91 Å². The van der Waals surface area contributed by atoms with Crippen LogP contribution < -0.4 is 14.8 Å². The molecule has 0 aliphatic rings. The van der Waals surface area contributed by atoms with Crippen LogP contribution in [-0.4, -0.2) is 37.4 Å². The molecule has 1 amide bonds. The van der Waals surface area contributed by atoms with Crippen molar-refractivity contribution in [3.8, 4) is 17.6 Å². The van der Waals surface area contributed by atoms with E-state index >= 15 is 0 Å². The Labute approximate surface area is 211 Å². The first-order valence-electron chi connectivity index (χ1n) is 10.2. The number of hydrogen-bond acceptors (Lipinski definition) is 9. The first-order valence-corrected chi connectivity index (χ1v) is 13.1. The molecule has 2 aromatic carbocycles. The van der Waals surface area contributed by atoms with Gasteiger partial charge in [-0.25, -0.2) is 8.42 Å². The van der Waals surface area contributed by atoms with Gasteiger partial charge < -0.3 is 9.47 Å². The van der Waals surface area contributed by atoms with E-state index in [1.807, 2.05) is 37.3 Å². The van der Waals surface area contributed by atoms with Gasteiger partial charge in [-0.1, -0.05) is 59.7 Å². The fourth-order valence-electron chi connectivity index (χ4n) is 2.91. The minimum atomic E-state index is -3.56. The van der Waals surface area contributed by atoms with Crippen LogP contribution in [0.3, 0.4) is 0 Å². The number of carbonyl (C=O) groups excluding carboxylic acids is 1. The van der Waals surface area contributed by atoms with E-state index in [0.29, 0.717) is 28.4 Å². The topological polar surface area (TPSA) is 131 Å². The molecule has 0 radical (unpaired) electrons. The number of anilines is 1. The highest BCUT2D eigenvalue weighted by Crippen LogP contribution is 2.37. The molecule has 0 aliphatic heterocycles. The number of halogens is 1. The Morgan fingerprint density at radius 3 is 2.71 bits per heavy atom. The molecule has 1 N–H and O–H groups in total. The number of nitriles is 1. The molecular formula is C23H21ClN4O5S2. The van der Waals surface area contributed by atoms with Crippen LogP contribution in [0.5, 0.6) is 11.5 Å². The molecule has 0 atom stereocenters. The molecule has 0 fully saturated rings. The Kier molecular flexibility index (Phi) is 8.45. The summed E-state index contributed by atoms with van der Waals surface area (Å²) in [6.45, 7) is 3.73. The number of ether oxygens (including phenoxy) is 2. The zero-order chi connectivity index (χ0) is 25.6. The molecule has 0 unspecified atom stereocenters. The van der Waals surface area contributed by atoms with Gasteiger partial charge in [-0.2, -0.15) is 5.26 Å². The van der Waals surface area contributed by atoms with Crippen LogP contribution in [0.2, 0.25) is 5.02 Å². The summed E-state index contributed by atoms with van der Waals surface area (Å²) in [5.41, 5.74) is 2.23. The van der Waals surface area contributed by atoms with Crippen LogP contribution in [0, 0.1) is 18.3 Å². The number of hydrogen-bond donors (Lipinski definition) is 1. The standard InChI is InChI=1S/C23H21ClN4O5S2/c1-4-35(30,31)23-28-27-22(34-23)26-21(29)17(12-25)9-16-10-18(24)20(19(11-16)32-3)33-13-15-7-5-6-14(2)8-15/h5-11H,4,13H2,1-3H3,(H,26,27,29). The fraction of sp³-hybridized carbons (Fsp3) is 0.217. The van der Waals surface area contributed by atoms with Crippen molar-refractivity contribution in [2.24, 2.45) is 0 Å². The SMILES string of the molecule is CCS(=O)(=O)c1nnc(NC(=O)C(C#N)=Cc2cc(Cl)c(OCc3cccc(C)c3)c(OC)c2)s1. The van der Waals surface area contributed by atoms with Gasteiger partial charge in [0.1, 0.15) is 18.2 Å². The van der Waals surface area contributed by atoms with Gasteiger partial charge in [0.2, 0.25) is 19.3 Å². The highest BCUT2D eigenvalue weighted by Gasteiger charge is 2.20. The Morgan fingerprint density at radius 2 is 2.06 bits per heavy atom. The Hall–Kier alpha value is -3.46. The second kappa shape index (κ2) is 11.3. The average Bonchev–Trinajstić information content (AvgIpc) is 3.30. The first kappa shape index (κ1) is 26.2. The van der Waals surface area contributed by atoms with Crippen molar-refractivity contribution >= 4 is 49.9 Å². The number of nitrogens with zero attached hydrogens (tertiary/aromatic N) is 3. The number of sulfone groups is 1. The van der Waals surface area contributed by atoms with E-state index < -0.39 is 15.7 Å². The molecule has 12 heteroatoms. The molecule has 0 aliphatic carbocycles. The van der Waals surface area contributed by atoms with Crippen molar-refractivity contribution in [3.63, 3.8) is 0 Å². The van der Waals surface area contributed by atoms with Gasteiger partial charge >= 0.3 is 0 Å². The van der Waals surface area contributed by atoms with Crippen LogP contribution in [0.1, 0.15) is 23.6 Å². The molecule has 3 rings (SSSR count). The van der Waals surface area contributed by atoms with Crippen LogP contribution in [0.4, 0.5) is 5.13 Å². The number of amides is 1. The molecular weight excluding hydrogens is 512 g/mol. The smallest absolute Gasteiger partial charge is 0.268 e. The summed E-state index contributed by atoms with van der Waals surface area (Å²) in [5, 5.41) is 19.3. The van der Waals surface area contributed by atoms with Crippen molar-refractivity contribution in [3.05, 3.63) is 63.7 Å². The molecule has 35 heavy (non-hydrogen) atoms. The van der Waals surface area contributed by atoms with Crippen LogP contribution >= 0.6 is 22.9 Å². The predicted octanol–water partition coefficient (Wildman–Crippen LogP) is 4.43. The predicted molar refractivity (Wildman–Crippen MR) is 133 cm³/mol. The minimum absolute atomic E-state index is 0.0429. The molecule has 0 spiro atoms. The molecule has 0 bridgehead atoms. The Balaban J connectivity index is 1.80. The van der Waals surface area contributed by atoms with Gasteiger partial charge in [-0.15, -0.1) is 10.2 Å². The second-order valence-corrected chi connectivity index (χ2v) is 11.0.